The van der Waals surface area contributed by atoms with Gasteiger partial charge in [0, 0.05) is 5.56 Å². The number of rotatable bonds is 4. The molecule has 0 aromatic heterocycles. The second kappa shape index (κ2) is 4.76. The van der Waals surface area contributed by atoms with E-state index in [2.05, 4.69) is 5.43 Å². The predicted octanol–water partition coefficient (Wildman–Crippen LogP) is 2.31. The topological polar surface area (TPSA) is 47.3 Å². The van der Waals surface area contributed by atoms with Gasteiger partial charge in [-0.3, -0.25) is 5.84 Å². The Labute approximate surface area is 80.8 Å². The molecule has 0 saturated carbocycles. The van der Waals surface area contributed by atoms with Gasteiger partial charge in [-0.25, -0.2) is 8.78 Å². The van der Waals surface area contributed by atoms with Gasteiger partial charge in [0.15, 0.2) is 0 Å². The highest BCUT2D eigenvalue weighted by Crippen LogP contribution is 2.29. The van der Waals surface area contributed by atoms with Crippen molar-refractivity contribution < 1.29 is 13.5 Å². The lowest BCUT2D eigenvalue weighted by atomic mass is 10.2. The van der Waals surface area contributed by atoms with Crippen molar-refractivity contribution in [2.24, 2.45) is 5.84 Å². The van der Waals surface area contributed by atoms with Gasteiger partial charge in [0.2, 0.25) is 0 Å². The summed E-state index contributed by atoms with van der Waals surface area (Å²) < 4.78 is 29.8. The molecule has 78 valence electrons. The summed E-state index contributed by atoms with van der Waals surface area (Å²) in [7, 11) is 0. The quantitative estimate of drug-likeness (QED) is 0.581. The lowest BCUT2D eigenvalue weighted by Gasteiger charge is -2.10. The van der Waals surface area contributed by atoms with Crippen LogP contribution < -0.4 is 16.0 Å². The number of hydrazine groups is 1. The first-order valence-electron chi connectivity index (χ1n) is 4.20. The Morgan fingerprint density at radius 2 is 2.21 bits per heavy atom. The van der Waals surface area contributed by atoms with Crippen LogP contribution in [-0.4, -0.2) is 6.61 Å². The Morgan fingerprint density at radius 3 is 2.71 bits per heavy atom. The highest BCUT2D eigenvalue weighted by atomic mass is 19.3. The van der Waals surface area contributed by atoms with Gasteiger partial charge in [0.05, 0.1) is 12.3 Å². The van der Waals surface area contributed by atoms with Crippen molar-refractivity contribution in [3.63, 3.8) is 0 Å². The normalized spacial score (nSPS) is 10.4. The van der Waals surface area contributed by atoms with E-state index >= 15 is 0 Å². The van der Waals surface area contributed by atoms with Crippen molar-refractivity contribution >= 4 is 5.69 Å². The fourth-order valence-electron chi connectivity index (χ4n) is 1.07. The third-order valence-electron chi connectivity index (χ3n) is 1.71. The van der Waals surface area contributed by atoms with Gasteiger partial charge < -0.3 is 10.2 Å². The molecule has 0 heterocycles. The summed E-state index contributed by atoms with van der Waals surface area (Å²) in [6.45, 7) is 2.18. The fraction of sp³-hybridized carbons (Fsp3) is 0.333. The van der Waals surface area contributed by atoms with E-state index in [1.165, 1.54) is 18.2 Å². The zero-order valence-corrected chi connectivity index (χ0v) is 7.76. The van der Waals surface area contributed by atoms with Crippen molar-refractivity contribution in [3.8, 4) is 5.75 Å². The van der Waals surface area contributed by atoms with Gasteiger partial charge in [-0.2, -0.15) is 0 Å². The van der Waals surface area contributed by atoms with Gasteiger partial charge in [0.25, 0.3) is 6.43 Å². The zero-order valence-electron chi connectivity index (χ0n) is 7.76. The van der Waals surface area contributed by atoms with Crippen LogP contribution in [0.4, 0.5) is 14.5 Å². The molecule has 0 aliphatic rings. The molecule has 0 saturated heterocycles. The van der Waals surface area contributed by atoms with Crippen LogP contribution in [0.5, 0.6) is 5.75 Å². The van der Waals surface area contributed by atoms with E-state index in [9.17, 15) is 8.78 Å². The second-order valence-corrected chi connectivity index (χ2v) is 2.63. The van der Waals surface area contributed by atoms with E-state index in [1.807, 2.05) is 0 Å². The smallest absolute Gasteiger partial charge is 0.263 e. The number of halogens is 2. The minimum absolute atomic E-state index is 0.0764. The molecule has 3 nitrogen and oxygen atoms in total. The van der Waals surface area contributed by atoms with Crippen LogP contribution in [0.2, 0.25) is 0 Å². The molecule has 0 atom stereocenters. The Hall–Kier alpha value is -1.36. The monoisotopic (exact) mass is 202 g/mol. The first-order chi connectivity index (χ1) is 6.69. The maximum Gasteiger partial charge on any atom is 0.263 e. The van der Waals surface area contributed by atoms with E-state index < -0.39 is 6.43 Å². The second-order valence-electron chi connectivity index (χ2n) is 2.63. The summed E-state index contributed by atoms with van der Waals surface area (Å²) in [4.78, 5) is 0. The Bertz CT molecular complexity index is 305. The maximum absolute atomic E-state index is 12.3. The van der Waals surface area contributed by atoms with E-state index in [1.54, 1.807) is 6.92 Å². The standard InChI is InChI=1S/C9H12F2N2O/c1-2-14-8-5-6(9(10)11)3-4-7(8)13-12/h3-5,9,13H,2,12H2,1H3. The molecule has 0 bridgehead atoms. The van der Waals surface area contributed by atoms with Crippen LogP contribution in [0.25, 0.3) is 0 Å². The van der Waals surface area contributed by atoms with E-state index in [-0.39, 0.29) is 5.56 Å². The van der Waals surface area contributed by atoms with Crippen molar-refractivity contribution in [2.75, 3.05) is 12.0 Å². The van der Waals surface area contributed by atoms with Gasteiger partial charge in [-0.1, -0.05) is 6.07 Å². The first kappa shape index (κ1) is 10.7. The van der Waals surface area contributed by atoms with Crippen molar-refractivity contribution in [1.82, 2.24) is 0 Å². The molecule has 1 rings (SSSR count). The summed E-state index contributed by atoms with van der Waals surface area (Å²) in [5.74, 6) is 5.53. The van der Waals surface area contributed by atoms with E-state index in [0.717, 1.165) is 0 Å². The molecule has 0 unspecified atom stereocenters. The minimum Gasteiger partial charge on any atom is -0.492 e. The summed E-state index contributed by atoms with van der Waals surface area (Å²) in [6, 6.07) is 4.05. The number of nitrogen functional groups attached to an aromatic ring is 1. The van der Waals surface area contributed by atoms with Gasteiger partial charge in [-0.15, -0.1) is 0 Å². The Morgan fingerprint density at radius 1 is 1.50 bits per heavy atom. The first-order valence-corrected chi connectivity index (χ1v) is 4.20. The highest BCUT2D eigenvalue weighted by Gasteiger charge is 2.10. The third-order valence-corrected chi connectivity index (χ3v) is 1.71. The number of hydrogen-bond acceptors (Lipinski definition) is 3. The van der Waals surface area contributed by atoms with Crippen LogP contribution in [0.3, 0.4) is 0 Å². The van der Waals surface area contributed by atoms with Crippen LogP contribution >= 0.6 is 0 Å². The van der Waals surface area contributed by atoms with E-state index in [4.69, 9.17) is 10.6 Å². The number of alkyl halides is 2. The van der Waals surface area contributed by atoms with Crippen molar-refractivity contribution in [1.29, 1.82) is 0 Å². The Kier molecular flexibility index (Phi) is 3.64. The van der Waals surface area contributed by atoms with Gasteiger partial charge in [0.1, 0.15) is 5.75 Å². The molecule has 0 aliphatic carbocycles. The summed E-state index contributed by atoms with van der Waals surface area (Å²) >= 11 is 0. The molecule has 0 fully saturated rings. The number of nitrogens with one attached hydrogen (secondary N) is 1. The van der Waals surface area contributed by atoms with Crippen molar-refractivity contribution in [3.05, 3.63) is 23.8 Å². The van der Waals surface area contributed by atoms with Crippen LogP contribution in [0.1, 0.15) is 18.9 Å². The van der Waals surface area contributed by atoms with Gasteiger partial charge in [-0.05, 0) is 19.1 Å². The molecule has 3 N–H and O–H groups in total. The number of anilines is 1. The summed E-state index contributed by atoms with van der Waals surface area (Å²) in [5, 5.41) is 0. The molecule has 5 heteroatoms. The number of benzene rings is 1. The average molecular weight is 202 g/mol. The van der Waals surface area contributed by atoms with Crippen molar-refractivity contribution in [2.45, 2.75) is 13.3 Å². The molecule has 0 amide bonds. The highest BCUT2D eigenvalue weighted by molar-refractivity contribution is 5.57. The zero-order chi connectivity index (χ0) is 10.6. The fourth-order valence-corrected chi connectivity index (χ4v) is 1.07. The number of nitrogens with two attached hydrogens (primary N) is 1. The predicted molar refractivity (Wildman–Crippen MR) is 50.4 cm³/mol. The van der Waals surface area contributed by atoms with Crippen LogP contribution in [-0.2, 0) is 0 Å². The maximum atomic E-state index is 12.3. The summed E-state index contributed by atoms with van der Waals surface area (Å²) in [6.07, 6.45) is -2.50. The third kappa shape index (κ3) is 2.32. The molecule has 1 aromatic carbocycles. The van der Waals surface area contributed by atoms with Gasteiger partial charge >= 0.3 is 0 Å². The van der Waals surface area contributed by atoms with E-state index in [0.29, 0.717) is 18.0 Å². The number of ether oxygens (including phenoxy) is 1. The molecular formula is C9H12F2N2O. The van der Waals surface area contributed by atoms with Crippen LogP contribution in [0, 0.1) is 0 Å². The average Bonchev–Trinajstić information content (AvgIpc) is 2.18. The lowest BCUT2D eigenvalue weighted by Crippen LogP contribution is -2.09. The molecule has 0 radical (unpaired) electrons. The Balaban J connectivity index is 3.01. The number of hydrogen-bond donors (Lipinski definition) is 2. The molecule has 14 heavy (non-hydrogen) atoms. The lowest BCUT2D eigenvalue weighted by molar-refractivity contribution is 0.151. The van der Waals surface area contributed by atoms with Crippen LogP contribution in [0.15, 0.2) is 18.2 Å². The SMILES string of the molecule is CCOc1cc(C(F)F)ccc1NN. The molecule has 0 spiro atoms. The molecular weight excluding hydrogens is 190 g/mol. The largest absolute Gasteiger partial charge is 0.492 e. The molecule has 0 aliphatic heterocycles. The summed E-state index contributed by atoms with van der Waals surface area (Å²) in [5.41, 5.74) is 2.80. The minimum atomic E-state index is -2.50. The molecule has 1 aromatic rings.